The van der Waals surface area contributed by atoms with Gasteiger partial charge in [0.15, 0.2) is 5.82 Å². The van der Waals surface area contributed by atoms with E-state index in [1.54, 1.807) is 0 Å². The average molecular weight is 366 g/mol. The number of hydrogen-bond donors (Lipinski definition) is 2. The second kappa shape index (κ2) is 6.75. The normalized spacial score (nSPS) is 30.1. The van der Waals surface area contributed by atoms with Gasteiger partial charge in [0, 0.05) is 29.1 Å². The lowest BCUT2D eigenvalue weighted by Gasteiger charge is -2.45. The number of amides is 1. The number of carbonyl (C=O) groups is 1. The van der Waals surface area contributed by atoms with Crippen LogP contribution in [0.1, 0.15) is 67.0 Å². The molecule has 3 N–H and O–H groups in total. The van der Waals surface area contributed by atoms with Crippen LogP contribution >= 0.6 is 0 Å². The summed E-state index contributed by atoms with van der Waals surface area (Å²) in [4.78, 5) is 17.2. The Morgan fingerprint density at radius 1 is 1.07 bits per heavy atom. The number of aromatic nitrogens is 2. The molecule has 3 aliphatic carbocycles. The molecule has 0 saturated heterocycles. The van der Waals surface area contributed by atoms with Gasteiger partial charge in [0.2, 0.25) is 0 Å². The van der Waals surface area contributed by atoms with Crippen LogP contribution in [-0.2, 0) is 0 Å². The van der Waals surface area contributed by atoms with Crippen molar-refractivity contribution in [2.75, 3.05) is 0 Å². The Bertz CT molecular complexity index is 813. The molecular formula is C21H26N4O2. The van der Waals surface area contributed by atoms with E-state index < -0.39 is 0 Å². The lowest BCUT2D eigenvalue weighted by atomic mass is 9.67. The Labute approximate surface area is 158 Å². The number of nitrogens with one attached hydrogen (secondary N) is 1. The molecule has 0 radical (unpaired) electrons. The van der Waals surface area contributed by atoms with Crippen molar-refractivity contribution >= 4 is 5.91 Å². The zero-order chi connectivity index (χ0) is 18.4. The van der Waals surface area contributed by atoms with Gasteiger partial charge in [0.25, 0.3) is 11.8 Å². The summed E-state index contributed by atoms with van der Waals surface area (Å²) >= 11 is 0. The van der Waals surface area contributed by atoms with Crippen LogP contribution in [-0.4, -0.2) is 28.1 Å². The Balaban J connectivity index is 1.27. The van der Waals surface area contributed by atoms with Gasteiger partial charge in [-0.3, -0.25) is 4.79 Å². The van der Waals surface area contributed by atoms with Crippen LogP contribution in [0.4, 0.5) is 0 Å². The monoisotopic (exact) mass is 366 g/mol. The molecule has 2 atom stereocenters. The van der Waals surface area contributed by atoms with Gasteiger partial charge >= 0.3 is 0 Å². The van der Waals surface area contributed by atoms with Gasteiger partial charge in [-0.25, -0.2) is 0 Å². The second-order valence-electron chi connectivity index (χ2n) is 8.49. The number of rotatable bonds is 4. The van der Waals surface area contributed by atoms with Gasteiger partial charge in [-0.05, 0) is 74.6 Å². The molecule has 0 spiro atoms. The van der Waals surface area contributed by atoms with E-state index in [1.165, 1.54) is 19.3 Å². The fourth-order valence-corrected chi connectivity index (χ4v) is 4.88. The highest BCUT2D eigenvalue weighted by Crippen LogP contribution is 2.40. The summed E-state index contributed by atoms with van der Waals surface area (Å²) in [5, 5.41) is 7.35. The van der Waals surface area contributed by atoms with E-state index in [0.717, 1.165) is 37.1 Å². The van der Waals surface area contributed by atoms with Crippen molar-refractivity contribution < 1.29 is 9.32 Å². The number of benzene rings is 1. The molecule has 3 aliphatic rings. The van der Waals surface area contributed by atoms with E-state index in [4.69, 9.17) is 10.3 Å². The summed E-state index contributed by atoms with van der Waals surface area (Å²) in [7, 11) is 0. The first-order chi connectivity index (χ1) is 13.2. The molecule has 2 aromatic rings. The molecule has 0 aliphatic heterocycles. The molecule has 1 aromatic heterocycles. The van der Waals surface area contributed by atoms with E-state index in [-0.39, 0.29) is 11.9 Å². The first kappa shape index (κ1) is 16.9. The minimum Gasteiger partial charge on any atom is -0.349 e. The smallest absolute Gasteiger partial charge is 0.257 e. The molecular weight excluding hydrogens is 340 g/mol. The fourth-order valence-electron chi connectivity index (χ4n) is 4.88. The van der Waals surface area contributed by atoms with Gasteiger partial charge < -0.3 is 15.6 Å². The van der Waals surface area contributed by atoms with E-state index in [2.05, 4.69) is 15.5 Å². The second-order valence-corrected chi connectivity index (χ2v) is 8.49. The van der Waals surface area contributed by atoms with Crippen molar-refractivity contribution in [3.05, 3.63) is 35.7 Å². The molecule has 3 fully saturated rings. The van der Waals surface area contributed by atoms with Gasteiger partial charge in [-0.15, -0.1) is 0 Å². The van der Waals surface area contributed by atoms with Crippen LogP contribution in [0.25, 0.3) is 11.5 Å². The fraction of sp³-hybridized carbons (Fsp3) is 0.571. The van der Waals surface area contributed by atoms with E-state index in [1.807, 2.05) is 24.3 Å². The van der Waals surface area contributed by atoms with E-state index in [0.29, 0.717) is 35.2 Å². The summed E-state index contributed by atoms with van der Waals surface area (Å²) < 4.78 is 5.36. The third kappa shape index (κ3) is 3.38. The maximum Gasteiger partial charge on any atom is 0.257 e. The van der Waals surface area contributed by atoms with Crippen LogP contribution in [0.5, 0.6) is 0 Å². The highest BCUT2D eigenvalue weighted by molar-refractivity contribution is 5.94. The molecule has 6 nitrogen and oxygen atoms in total. The summed E-state index contributed by atoms with van der Waals surface area (Å²) in [6.45, 7) is 0. The van der Waals surface area contributed by atoms with Crippen LogP contribution in [0.3, 0.4) is 0 Å². The number of carbonyl (C=O) groups excluding carboxylic acids is 1. The van der Waals surface area contributed by atoms with E-state index >= 15 is 0 Å². The molecule has 27 heavy (non-hydrogen) atoms. The number of nitrogens with zero attached hydrogens (tertiary/aromatic N) is 2. The average Bonchev–Trinajstić information content (AvgIpc) is 3.39. The predicted octanol–water partition coefficient (Wildman–Crippen LogP) is 3.25. The molecule has 6 heteroatoms. The van der Waals surface area contributed by atoms with Crippen LogP contribution in [0.2, 0.25) is 0 Å². The van der Waals surface area contributed by atoms with Crippen molar-refractivity contribution in [3.63, 3.8) is 0 Å². The quantitative estimate of drug-likeness (QED) is 0.866. The van der Waals surface area contributed by atoms with Crippen molar-refractivity contribution in [2.24, 2.45) is 17.6 Å². The highest BCUT2D eigenvalue weighted by Gasteiger charge is 2.40. The van der Waals surface area contributed by atoms with Crippen molar-refractivity contribution in [1.29, 1.82) is 0 Å². The Morgan fingerprint density at radius 2 is 1.78 bits per heavy atom. The summed E-state index contributed by atoms with van der Waals surface area (Å²) in [5.74, 6) is 2.84. The van der Waals surface area contributed by atoms with Crippen LogP contribution < -0.4 is 11.1 Å². The van der Waals surface area contributed by atoms with Crippen molar-refractivity contribution in [3.8, 4) is 11.5 Å². The minimum absolute atomic E-state index is 0.00289. The first-order valence-corrected chi connectivity index (χ1v) is 10.2. The van der Waals surface area contributed by atoms with Gasteiger partial charge in [-0.2, -0.15) is 4.98 Å². The number of nitrogens with two attached hydrogens (primary N) is 1. The molecule has 3 saturated carbocycles. The zero-order valence-electron chi connectivity index (χ0n) is 15.4. The molecule has 1 heterocycles. The van der Waals surface area contributed by atoms with Crippen molar-refractivity contribution in [1.82, 2.24) is 15.5 Å². The topological polar surface area (TPSA) is 94.0 Å². The molecule has 2 bridgehead atoms. The number of hydrogen-bond acceptors (Lipinski definition) is 5. The highest BCUT2D eigenvalue weighted by atomic mass is 16.5. The first-order valence-electron chi connectivity index (χ1n) is 10.2. The molecule has 1 amide bonds. The standard InChI is InChI=1S/C21H26N4O2/c22-17-10-15-2-1-3-16(11-17)18(15)23-20(26)13-6-8-14(9-7-13)21-24-19(25-27-21)12-4-5-12/h6-9,12,15-18H,1-5,10-11,22H2,(H,23,26). The van der Waals surface area contributed by atoms with Crippen LogP contribution in [0, 0.1) is 11.8 Å². The zero-order valence-corrected chi connectivity index (χ0v) is 15.4. The largest absolute Gasteiger partial charge is 0.349 e. The lowest BCUT2D eigenvalue weighted by Crippen LogP contribution is -2.53. The summed E-state index contributed by atoms with van der Waals surface area (Å²) in [6, 6.07) is 8.02. The van der Waals surface area contributed by atoms with Crippen molar-refractivity contribution in [2.45, 2.75) is 62.9 Å². The van der Waals surface area contributed by atoms with Gasteiger partial charge in [0.1, 0.15) is 0 Å². The third-order valence-electron chi connectivity index (χ3n) is 6.45. The third-order valence-corrected chi connectivity index (χ3v) is 6.45. The van der Waals surface area contributed by atoms with E-state index in [9.17, 15) is 4.79 Å². The summed E-state index contributed by atoms with van der Waals surface area (Å²) in [6.07, 6.45) is 7.96. The Kier molecular flexibility index (Phi) is 4.23. The summed E-state index contributed by atoms with van der Waals surface area (Å²) in [5.41, 5.74) is 7.72. The van der Waals surface area contributed by atoms with Crippen LogP contribution in [0.15, 0.2) is 28.8 Å². The maximum atomic E-state index is 12.8. The molecule has 142 valence electrons. The Morgan fingerprint density at radius 3 is 2.44 bits per heavy atom. The molecule has 2 unspecified atom stereocenters. The Hall–Kier alpha value is -2.21. The maximum absolute atomic E-state index is 12.8. The predicted molar refractivity (Wildman–Crippen MR) is 101 cm³/mol. The molecule has 5 rings (SSSR count). The van der Waals surface area contributed by atoms with Gasteiger partial charge in [0.05, 0.1) is 0 Å². The molecule has 1 aromatic carbocycles. The SMILES string of the molecule is NC1CC2CCCC(C1)C2NC(=O)c1ccc(-c2nc(C3CC3)no2)cc1. The minimum atomic E-state index is 0.00289. The van der Waals surface area contributed by atoms with Gasteiger partial charge in [-0.1, -0.05) is 11.6 Å². The lowest BCUT2D eigenvalue weighted by molar-refractivity contribution is 0.0756. The number of fused-ring (bicyclic) bond motifs is 2.